The van der Waals surface area contributed by atoms with Crippen molar-refractivity contribution < 1.29 is 4.74 Å². The number of rotatable bonds is 7. The molecule has 2 heterocycles. The van der Waals surface area contributed by atoms with Crippen LogP contribution >= 0.6 is 17.0 Å². The molecule has 0 saturated heterocycles. The molecule has 1 aliphatic carbocycles. The summed E-state index contributed by atoms with van der Waals surface area (Å²) in [6.45, 7) is 1.90. The van der Waals surface area contributed by atoms with Gasteiger partial charge in [0.1, 0.15) is 11.6 Å². The first-order valence-corrected chi connectivity index (χ1v) is 11.2. The number of H-pyrrole nitrogens is 1. The zero-order valence-electron chi connectivity index (χ0n) is 18.8. The number of fused-ring (bicyclic) bond motifs is 2. The molecule has 0 fully saturated rings. The minimum Gasteiger partial charge on any atom is -0.496 e. The van der Waals surface area contributed by atoms with Crippen molar-refractivity contribution >= 4 is 28.0 Å². The maximum Gasteiger partial charge on any atom is 0.123 e. The molecule has 0 bridgehead atoms. The summed E-state index contributed by atoms with van der Waals surface area (Å²) in [7, 11) is 1.70. The Labute approximate surface area is 205 Å². The fourth-order valence-electron chi connectivity index (χ4n) is 4.89. The normalized spacial score (nSPS) is 15.3. The van der Waals surface area contributed by atoms with E-state index in [1.807, 2.05) is 42.6 Å². The summed E-state index contributed by atoms with van der Waals surface area (Å²) in [5, 5.41) is 0. The van der Waals surface area contributed by atoms with Crippen LogP contribution in [0.3, 0.4) is 0 Å². The molecule has 5 rings (SSSR count). The number of aromatic nitrogens is 3. The number of nitrogens with one attached hydrogen (secondary N) is 1. The second kappa shape index (κ2) is 10.5. The van der Waals surface area contributed by atoms with Crippen LogP contribution in [-0.4, -0.2) is 27.0 Å². The highest BCUT2D eigenvalue weighted by molar-refractivity contribution is 8.93. The number of benzene rings is 2. The van der Waals surface area contributed by atoms with E-state index < -0.39 is 0 Å². The second-order valence-electron chi connectivity index (χ2n) is 8.36. The van der Waals surface area contributed by atoms with Crippen molar-refractivity contribution in [3.63, 3.8) is 0 Å². The molecule has 4 aromatic rings. The first kappa shape index (κ1) is 23.4. The molecule has 33 heavy (non-hydrogen) atoms. The summed E-state index contributed by atoms with van der Waals surface area (Å²) >= 11 is 0. The van der Waals surface area contributed by atoms with E-state index in [9.17, 15) is 0 Å². The van der Waals surface area contributed by atoms with E-state index >= 15 is 0 Å². The van der Waals surface area contributed by atoms with Crippen LogP contribution in [0.25, 0.3) is 11.0 Å². The molecule has 7 heteroatoms. The van der Waals surface area contributed by atoms with E-state index in [4.69, 9.17) is 20.4 Å². The third kappa shape index (κ3) is 4.81. The van der Waals surface area contributed by atoms with Crippen LogP contribution in [0.15, 0.2) is 60.8 Å². The standard InChI is InChI=1S/C26H29N5O.BrH/c1-32-24-13-5-8-19(20(24)15-27)16-31(17-25-29-21-10-2-3-11-22(21)30-25)23-12-4-7-18-9-6-14-28-26(18)23;/h2-3,5-6,8-11,13-14,23H,4,7,12,15-17,27H2,1H3,(H,29,30);1H. The zero-order chi connectivity index (χ0) is 21.9. The van der Waals surface area contributed by atoms with Gasteiger partial charge < -0.3 is 15.5 Å². The Bertz CT molecular complexity index is 1190. The molecule has 3 N–H and O–H groups in total. The van der Waals surface area contributed by atoms with Gasteiger partial charge in [-0.1, -0.05) is 30.3 Å². The summed E-state index contributed by atoms with van der Waals surface area (Å²) in [4.78, 5) is 15.6. The number of halogens is 1. The first-order valence-electron chi connectivity index (χ1n) is 11.2. The van der Waals surface area contributed by atoms with Crippen molar-refractivity contribution in [1.82, 2.24) is 19.9 Å². The molecular formula is C26H30BrN5O. The summed E-state index contributed by atoms with van der Waals surface area (Å²) in [5.41, 5.74) is 13.0. The molecule has 0 aliphatic heterocycles. The van der Waals surface area contributed by atoms with Crippen LogP contribution in [0.4, 0.5) is 0 Å². The van der Waals surface area contributed by atoms with Gasteiger partial charge in [-0.25, -0.2) is 4.98 Å². The number of aryl methyl sites for hydroxylation is 1. The SMILES string of the molecule is Br.COc1cccc(CN(Cc2nc3ccccc3[nH]2)C2CCCc3cccnc32)c1CN. The average molecular weight is 508 g/mol. The van der Waals surface area contributed by atoms with Crippen molar-refractivity contribution in [3.05, 3.63) is 89.0 Å². The fraction of sp³-hybridized carbons (Fsp3) is 0.308. The summed E-state index contributed by atoms with van der Waals surface area (Å²) < 4.78 is 5.59. The van der Waals surface area contributed by atoms with Gasteiger partial charge in [0.15, 0.2) is 0 Å². The van der Waals surface area contributed by atoms with Crippen molar-refractivity contribution in [2.75, 3.05) is 7.11 Å². The number of ether oxygens (including phenoxy) is 1. The molecule has 1 atom stereocenters. The highest BCUT2D eigenvalue weighted by Gasteiger charge is 2.28. The summed E-state index contributed by atoms with van der Waals surface area (Å²) in [5.74, 6) is 1.81. The topological polar surface area (TPSA) is 80.1 Å². The molecule has 0 saturated carbocycles. The van der Waals surface area contributed by atoms with E-state index in [-0.39, 0.29) is 23.0 Å². The number of aromatic amines is 1. The van der Waals surface area contributed by atoms with Crippen LogP contribution in [0.1, 0.15) is 47.1 Å². The third-order valence-electron chi connectivity index (χ3n) is 6.42. The van der Waals surface area contributed by atoms with Crippen LogP contribution in [0.5, 0.6) is 5.75 Å². The van der Waals surface area contributed by atoms with Gasteiger partial charge in [0.2, 0.25) is 0 Å². The van der Waals surface area contributed by atoms with Gasteiger partial charge >= 0.3 is 0 Å². The smallest absolute Gasteiger partial charge is 0.123 e. The quantitative estimate of drug-likeness (QED) is 0.364. The maximum atomic E-state index is 6.13. The van der Waals surface area contributed by atoms with Gasteiger partial charge in [0.05, 0.1) is 36.4 Å². The second-order valence-corrected chi connectivity index (χ2v) is 8.36. The summed E-state index contributed by atoms with van der Waals surface area (Å²) in [6, 6.07) is 18.8. The van der Waals surface area contributed by atoms with Crippen molar-refractivity contribution in [2.45, 2.75) is 44.9 Å². The molecule has 1 aliphatic rings. The van der Waals surface area contributed by atoms with E-state index in [0.717, 1.165) is 54.0 Å². The first-order chi connectivity index (χ1) is 15.8. The van der Waals surface area contributed by atoms with Crippen LogP contribution in [-0.2, 0) is 26.1 Å². The Kier molecular flexibility index (Phi) is 7.42. The van der Waals surface area contributed by atoms with Crippen molar-refractivity contribution in [3.8, 4) is 5.75 Å². The lowest BCUT2D eigenvalue weighted by Crippen LogP contribution is -2.32. The van der Waals surface area contributed by atoms with Crippen LogP contribution in [0, 0.1) is 0 Å². The Hall–Kier alpha value is -2.74. The van der Waals surface area contributed by atoms with Crippen molar-refractivity contribution in [2.24, 2.45) is 5.73 Å². The molecule has 172 valence electrons. The number of hydrogen-bond donors (Lipinski definition) is 2. The van der Waals surface area contributed by atoms with Gasteiger partial charge in [-0.05, 0) is 54.7 Å². The molecule has 6 nitrogen and oxygen atoms in total. The van der Waals surface area contributed by atoms with Gasteiger partial charge in [-0.15, -0.1) is 17.0 Å². The minimum absolute atomic E-state index is 0. The summed E-state index contributed by atoms with van der Waals surface area (Å²) in [6.07, 6.45) is 5.23. The Morgan fingerprint density at radius 2 is 1.97 bits per heavy atom. The number of hydrogen-bond acceptors (Lipinski definition) is 5. The van der Waals surface area contributed by atoms with Gasteiger partial charge in [0, 0.05) is 24.8 Å². The monoisotopic (exact) mass is 507 g/mol. The van der Waals surface area contributed by atoms with E-state index in [2.05, 4.69) is 28.1 Å². The predicted octanol–water partition coefficient (Wildman–Crippen LogP) is 5.08. The van der Waals surface area contributed by atoms with Crippen LogP contribution < -0.4 is 10.5 Å². The predicted molar refractivity (Wildman–Crippen MR) is 136 cm³/mol. The molecule has 2 aromatic carbocycles. The molecular weight excluding hydrogens is 478 g/mol. The highest BCUT2D eigenvalue weighted by atomic mass is 79.9. The number of nitrogens with two attached hydrogens (primary N) is 1. The fourth-order valence-corrected chi connectivity index (χ4v) is 4.89. The number of nitrogens with zero attached hydrogens (tertiary/aromatic N) is 3. The number of pyridine rings is 1. The highest BCUT2D eigenvalue weighted by Crippen LogP contribution is 2.35. The van der Waals surface area contributed by atoms with Gasteiger partial charge in [-0.2, -0.15) is 0 Å². The van der Waals surface area contributed by atoms with E-state index in [1.54, 1.807) is 7.11 Å². The Morgan fingerprint density at radius 1 is 1.09 bits per heavy atom. The lowest BCUT2D eigenvalue weighted by atomic mass is 9.90. The molecule has 2 aromatic heterocycles. The number of imidazole rings is 1. The third-order valence-corrected chi connectivity index (χ3v) is 6.42. The number of para-hydroxylation sites is 2. The lowest BCUT2D eigenvalue weighted by Gasteiger charge is -2.35. The molecule has 0 radical (unpaired) electrons. The van der Waals surface area contributed by atoms with E-state index in [0.29, 0.717) is 13.1 Å². The molecule has 0 spiro atoms. The lowest BCUT2D eigenvalue weighted by molar-refractivity contribution is 0.153. The molecule has 1 unspecified atom stereocenters. The maximum absolute atomic E-state index is 6.13. The van der Waals surface area contributed by atoms with Gasteiger partial charge in [-0.3, -0.25) is 9.88 Å². The van der Waals surface area contributed by atoms with Crippen LogP contribution in [0.2, 0.25) is 0 Å². The van der Waals surface area contributed by atoms with Crippen molar-refractivity contribution in [1.29, 1.82) is 0 Å². The minimum atomic E-state index is 0. The Balaban J connectivity index is 0.00000259. The largest absolute Gasteiger partial charge is 0.496 e. The van der Waals surface area contributed by atoms with Gasteiger partial charge in [0.25, 0.3) is 0 Å². The van der Waals surface area contributed by atoms with E-state index in [1.165, 1.54) is 16.8 Å². The average Bonchev–Trinajstić information content (AvgIpc) is 3.25. The zero-order valence-corrected chi connectivity index (χ0v) is 20.5. The number of methoxy groups -OCH3 is 1. The molecule has 0 amide bonds. The Morgan fingerprint density at radius 3 is 2.79 bits per heavy atom.